The molecule has 0 aromatic heterocycles. The van der Waals surface area contributed by atoms with Gasteiger partial charge in [-0.3, -0.25) is 4.79 Å². The Balaban J connectivity index is 1.87. The predicted molar refractivity (Wildman–Crippen MR) is 129 cm³/mol. The number of benzene rings is 3. The number of urea groups is 1. The van der Waals surface area contributed by atoms with E-state index in [1.807, 2.05) is 4.72 Å². The maximum atomic E-state index is 13.7. The van der Waals surface area contributed by atoms with Gasteiger partial charge in [-0.2, -0.15) is 0 Å². The Kier molecular flexibility index (Phi) is 8.08. The number of aryl methyl sites for hydroxylation is 1. The topological polar surface area (TPSA) is 95.6 Å². The van der Waals surface area contributed by atoms with Crippen LogP contribution in [0.2, 0.25) is 5.02 Å². The lowest BCUT2D eigenvalue weighted by molar-refractivity contribution is -0.120. The van der Waals surface area contributed by atoms with Crippen molar-refractivity contribution in [1.29, 1.82) is 0 Å². The number of nitrogens with zero attached hydrogens (tertiary/aromatic N) is 1. The van der Waals surface area contributed by atoms with Crippen LogP contribution >= 0.6 is 11.6 Å². The number of sulfonamides is 1. The zero-order valence-electron chi connectivity index (χ0n) is 18.8. The van der Waals surface area contributed by atoms with Crippen molar-refractivity contribution in [3.8, 4) is 0 Å². The number of rotatable bonds is 7. The van der Waals surface area contributed by atoms with Gasteiger partial charge in [-0.25, -0.2) is 26.7 Å². The molecule has 3 rings (SSSR count). The number of likely N-dealkylation sites (N-methyl/N-ethyl adjacent to an activating group) is 1. The number of amides is 3. The van der Waals surface area contributed by atoms with Crippen molar-refractivity contribution in [3.05, 3.63) is 94.5 Å². The third-order valence-corrected chi connectivity index (χ3v) is 6.83. The van der Waals surface area contributed by atoms with Crippen LogP contribution in [0.25, 0.3) is 0 Å². The lowest BCUT2D eigenvalue weighted by Gasteiger charge is -2.25. The third kappa shape index (κ3) is 6.77. The Morgan fingerprint density at radius 1 is 1.00 bits per heavy atom. The highest BCUT2D eigenvalue weighted by molar-refractivity contribution is 7.90. The number of carbonyl (C=O) groups excluding carboxylic acids is 2. The van der Waals surface area contributed by atoms with Crippen LogP contribution in [-0.2, 0) is 21.2 Å². The first-order valence-electron chi connectivity index (χ1n) is 10.3. The monoisotopic (exact) mass is 521 g/mol. The lowest BCUT2D eigenvalue weighted by Crippen LogP contribution is -2.52. The van der Waals surface area contributed by atoms with E-state index in [1.165, 1.54) is 30.1 Å². The molecule has 184 valence electrons. The number of nitrogens with one attached hydrogen (secondary N) is 2. The predicted octanol–water partition coefficient (Wildman–Crippen LogP) is 4.19. The first-order chi connectivity index (χ1) is 16.5. The Morgan fingerprint density at radius 2 is 1.66 bits per heavy atom. The van der Waals surface area contributed by atoms with Gasteiger partial charge in [0.25, 0.3) is 10.0 Å². The standard InChI is InChI=1S/C24H22ClF2N3O4S/c1-15-6-3-4-9-22(15)35(33,34)29-24(32)28-21(12-16-10-18(26)14-19(27)11-16)23(31)30(2)20-8-5-7-17(25)13-20/h3-11,13-14,21H,12H2,1-2H3,(H2,28,29,32). The second kappa shape index (κ2) is 10.8. The summed E-state index contributed by atoms with van der Waals surface area (Å²) in [5.41, 5.74) is 0.895. The molecule has 0 fully saturated rings. The van der Waals surface area contributed by atoms with Gasteiger partial charge in [-0.05, 0) is 54.4 Å². The minimum atomic E-state index is -4.25. The molecule has 0 radical (unpaired) electrons. The van der Waals surface area contributed by atoms with E-state index in [0.29, 0.717) is 22.3 Å². The molecule has 1 atom stereocenters. The molecule has 0 aliphatic heterocycles. The summed E-state index contributed by atoms with van der Waals surface area (Å²) in [4.78, 5) is 27.0. The number of halogens is 3. The number of carbonyl (C=O) groups is 2. The number of hydrogen-bond donors (Lipinski definition) is 2. The highest BCUT2D eigenvalue weighted by Crippen LogP contribution is 2.20. The summed E-state index contributed by atoms with van der Waals surface area (Å²) in [6.07, 6.45) is -0.309. The molecule has 0 saturated heterocycles. The smallest absolute Gasteiger partial charge is 0.325 e. The average Bonchev–Trinajstić information content (AvgIpc) is 2.76. The summed E-state index contributed by atoms with van der Waals surface area (Å²) in [5.74, 6) is -2.39. The molecule has 35 heavy (non-hydrogen) atoms. The van der Waals surface area contributed by atoms with Crippen molar-refractivity contribution >= 4 is 39.2 Å². The van der Waals surface area contributed by atoms with Gasteiger partial charge >= 0.3 is 6.03 Å². The summed E-state index contributed by atoms with van der Waals surface area (Å²) < 4.78 is 54.7. The molecule has 7 nitrogen and oxygen atoms in total. The minimum absolute atomic E-state index is 0.0856. The number of hydrogen-bond acceptors (Lipinski definition) is 4. The van der Waals surface area contributed by atoms with E-state index in [1.54, 1.807) is 37.3 Å². The van der Waals surface area contributed by atoms with Crippen molar-refractivity contribution in [2.75, 3.05) is 11.9 Å². The Labute approximate surface area is 206 Å². The van der Waals surface area contributed by atoms with E-state index >= 15 is 0 Å². The molecule has 2 N–H and O–H groups in total. The Morgan fingerprint density at radius 3 is 2.29 bits per heavy atom. The Bertz CT molecular complexity index is 1350. The lowest BCUT2D eigenvalue weighted by atomic mass is 10.0. The highest BCUT2D eigenvalue weighted by Gasteiger charge is 2.28. The summed E-state index contributed by atoms with van der Waals surface area (Å²) in [7, 11) is -2.82. The molecular weight excluding hydrogens is 500 g/mol. The first kappa shape index (κ1) is 26.1. The van der Waals surface area contributed by atoms with Gasteiger partial charge in [0.05, 0.1) is 4.90 Å². The molecule has 3 aromatic carbocycles. The van der Waals surface area contributed by atoms with Gasteiger partial charge in [0.2, 0.25) is 5.91 Å². The van der Waals surface area contributed by atoms with Crippen LogP contribution in [-0.4, -0.2) is 33.4 Å². The van der Waals surface area contributed by atoms with E-state index in [0.717, 1.165) is 12.1 Å². The molecular formula is C24H22ClF2N3O4S. The van der Waals surface area contributed by atoms with E-state index in [9.17, 15) is 26.8 Å². The van der Waals surface area contributed by atoms with Crippen LogP contribution in [0.15, 0.2) is 71.6 Å². The van der Waals surface area contributed by atoms with Crippen LogP contribution in [0.1, 0.15) is 11.1 Å². The van der Waals surface area contributed by atoms with E-state index in [4.69, 9.17) is 11.6 Å². The number of anilines is 1. The van der Waals surface area contributed by atoms with Crippen molar-refractivity contribution < 1.29 is 26.8 Å². The van der Waals surface area contributed by atoms with Gasteiger partial charge in [-0.15, -0.1) is 0 Å². The van der Waals surface area contributed by atoms with Crippen molar-refractivity contribution in [1.82, 2.24) is 10.0 Å². The molecule has 0 heterocycles. The second-order valence-electron chi connectivity index (χ2n) is 7.76. The molecule has 0 bridgehead atoms. The molecule has 3 amide bonds. The molecule has 0 saturated carbocycles. The van der Waals surface area contributed by atoms with E-state index in [-0.39, 0.29) is 16.9 Å². The normalized spacial score (nSPS) is 12.0. The second-order valence-corrected chi connectivity index (χ2v) is 9.84. The molecule has 3 aromatic rings. The molecule has 0 aliphatic rings. The maximum Gasteiger partial charge on any atom is 0.329 e. The SMILES string of the molecule is Cc1ccccc1S(=O)(=O)NC(=O)NC(Cc1cc(F)cc(F)c1)C(=O)N(C)c1cccc(Cl)c1. The van der Waals surface area contributed by atoms with Gasteiger partial charge in [-0.1, -0.05) is 35.9 Å². The summed E-state index contributed by atoms with van der Waals surface area (Å²) in [6, 6.07) is 12.6. The fourth-order valence-corrected chi connectivity index (χ4v) is 4.78. The molecule has 11 heteroatoms. The van der Waals surface area contributed by atoms with Gasteiger partial charge in [0.15, 0.2) is 0 Å². The Hall–Kier alpha value is -3.50. The van der Waals surface area contributed by atoms with Gasteiger partial charge < -0.3 is 10.2 Å². The fourth-order valence-electron chi connectivity index (χ4n) is 3.43. The van der Waals surface area contributed by atoms with Crippen LogP contribution in [0, 0.1) is 18.6 Å². The van der Waals surface area contributed by atoms with Crippen molar-refractivity contribution in [2.45, 2.75) is 24.3 Å². The van der Waals surface area contributed by atoms with Crippen LogP contribution < -0.4 is 14.9 Å². The molecule has 1 unspecified atom stereocenters. The highest BCUT2D eigenvalue weighted by atomic mass is 35.5. The van der Waals surface area contributed by atoms with E-state index in [2.05, 4.69) is 5.32 Å². The summed E-state index contributed by atoms with van der Waals surface area (Å²) in [6.45, 7) is 1.57. The maximum absolute atomic E-state index is 13.7. The van der Waals surface area contributed by atoms with Gasteiger partial charge in [0, 0.05) is 30.2 Å². The summed E-state index contributed by atoms with van der Waals surface area (Å²) >= 11 is 6.00. The minimum Gasteiger partial charge on any atom is -0.325 e. The van der Waals surface area contributed by atoms with Crippen molar-refractivity contribution in [3.63, 3.8) is 0 Å². The third-order valence-electron chi connectivity index (χ3n) is 5.10. The average molecular weight is 522 g/mol. The first-order valence-corrected chi connectivity index (χ1v) is 12.2. The van der Waals surface area contributed by atoms with Crippen molar-refractivity contribution in [2.24, 2.45) is 0 Å². The molecule has 0 aliphatic carbocycles. The molecule has 0 spiro atoms. The van der Waals surface area contributed by atoms with E-state index < -0.39 is 39.6 Å². The van der Waals surface area contributed by atoms with Crippen LogP contribution in [0.4, 0.5) is 19.3 Å². The zero-order chi connectivity index (χ0) is 25.8. The zero-order valence-corrected chi connectivity index (χ0v) is 20.3. The van der Waals surface area contributed by atoms with Crippen LogP contribution in [0.5, 0.6) is 0 Å². The largest absolute Gasteiger partial charge is 0.329 e. The summed E-state index contributed by atoms with van der Waals surface area (Å²) in [5, 5.41) is 2.68. The van der Waals surface area contributed by atoms with Crippen LogP contribution in [0.3, 0.4) is 0 Å². The quantitative estimate of drug-likeness (QED) is 0.487. The van der Waals surface area contributed by atoms with Gasteiger partial charge in [0.1, 0.15) is 17.7 Å². The fraction of sp³-hybridized carbons (Fsp3) is 0.167.